The summed E-state index contributed by atoms with van der Waals surface area (Å²) in [6.07, 6.45) is 1.18. The van der Waals surface area contributed by atoms with Gasteiger partial charge in [-0.2, -0.15) is 0 Å². The van der Waals surface area contributed by atoms with Crippen LogP contribution in [0.15, 0.2) is 24.3 Å². The summed E-state index contributed by atoms with van der Waals surface area (Å²) >= 11 is 0. The van der Waals surface area contributed by atoms with Crippen LogP contribution in [0.5, 0.6) is 0 Å². The SMILES string of the molecule is CC.C[C@@H]1Cc2ccccc2CN1. The summed E-state index contributed by atoms with van der Waals surface area (Å²) in [4.78, 5) is 0. The predicted octanol–water partition coefficient (Wildman–Crippen LogP) is 2.75. The average Bonchev–Trinajstić information content (AvgIpc) is 2.21. The Kier molecular flexibility index (Phi) is 3.97. The Balaban J connectivity index is 0.000000396. The Morgan fingerprint density at radius 1 is 1.15 bits per heavy atom. The largest absolute Gasteiger partial charge is 0.310 e. The third-order valence-electron chi connectivity index (χ3n) is 2.29. The Morgan fingerprint density at radius 3 is 2.46 bits per heavy atom. The highest BCUT2D eigenvalue weighted by atomic mass is 14.9. The first-order chi connectivity index (χ1) is 6.36. The molecule has 72 valence electrons. The highest BCUT2D eigenvalue weighted by molar-refractivity contribution is 5.29. The van der Waals surface area contributed by atoms with E-state index in [1.807, 2.05) is 13.8 Å². The monoisotopic (exact) mass is 177 g/mol. The van der Waals surface area contributed by atoms with Crippen molar-refractivity contribution in [1.82, 2.24) is 5.32 Å². The van der Waals surface area contributed by atoms with Crippen molar-refractivity contribution in [1.29, 1.82) is 0 Å². The van der Waals surface area contributed by atoms with Crippen LogP contribution in [0.2, 0.25) is 0 Å². The van der Waals surface area contributed by atoms with E-state index in [1.54, 1.807) is 0 Å². The van der Waals surface area contributed by atoms with E-state index in [0.717, 1.165) is 6.54 Å². The Labute approximate surface area is 81.2 Å². The van der Waals surface area contributed by atoms with Crippen LogP contribution >= 0.6 is 0 Å². The lowest BCUT2D eigenvalue weighted by Gasteiger charge is -2.22. The second kappa shape index (κ2) is 5.03. The van der Waals surface area contributed by atoms with Gasteiger partial charge in [-0.3, -0.25) is 0 Å². The van der Waals surface area contributed by atoms with Crippen LogP contribution in [0.25, 0.3) is 0 Å². The van der Waals surface area contributed by atoms with Gasteiger partial charge >= 0.3 is 0 Å². The molecule has 0 saturated heterocycles. The molecule has 0 spiro atoms. The first-order valence-corrected chi connectivity index (χ1v) is 5.16. The maximum absolute atomic E-state index is 3.44. The van der Waals surface area contributed by atoms with Crippen LogP contribution in [-0.2, 0) is 13.0 Å². The zero-order valence-electron chi connectivity index (χ0n) is 8.80. The number of hydrogen-bond donors (Lipinski definition) is 1. The molecular weight excluding hydrogens is 158 g/mol. The fourth-order valence-electron chi connectivity index (χ4n) is 1.62. The molecule has 1 nitrogen and oxygen atoms in total. The maximum Gasteiger partial charge on any atom is 0.0210 e. The third-order valence-corrected chi connectivity index (χ3v) is 2.29. The van der Waals surface area contributed by atoms with E-state index in [9.17, 15) is 0 Å². The van der Waals surface area contributed by atoms with Gasteiger partial charge in [-0.25, -0.2) is 0 Å². The molecule has 1 N–H and O–H groups in total. The number of benzene rings is 1. The second-order valence-electron chi connectivity index (χ2n) is 3.25. The van der Waals surface area contributed by atoms with Crippen molar-refractivity contribution in [2.24, 2.45) is 0 Å². The molecule has 0 bridgehead atoms. The van der Waals surface area contributed by atoms with Crippen LogP contribution in [0.4, 0.5) is 0 Å². The summed E-state index contributed by atoms with van der Waals surface area (Å²) in [6.45, 7) is 7.27. The molecule has 1 aliphatic heterocycles. The molecule has 0 saturated carbocycles. The molecule has 0 aromatic heterocycles. The number of rotatable bonds is 0. The van der Waals surface area contributed by atoms with Crippen molar-refractivity contribution in [3.8, 4) is 0 Å². The molecule has 13 heavy (non-hydrogen) atoms. The minimum absolute atomic E-state index is 0.643. The molecule has 0 unspecified atom stereocenters. The van der Waals surface area contributed by atoms with Crippen molar-refractivity contribution in [2.45, 2.75) is 39.8 Å². The van der Waals surface area contributed by atoms with Gasteiger partial charge in [0.1, 0.15) is 0 Å². The highest BCUT2D eigenvalue weighted by Crippen LogP contribution is 2.15. The average molecular weight is 177 g/mol. The summed E-state index contributed by atoms with van der Waals surface area (Å²) in [5, 5.41) is 3.44. The normalized spacial score (nSPS) is 19.8. The van der Waals surface area contributed by atoms with E-state index in [0.29, 0.717) is 6.04 Å². The number of nitrogens with one attached hydrogen (secondary N) is 1. The van der Waals surface area contributed by atoms with Crippen molar-refractivity contribution in [3.63, 3.8) is 0 Å². The predicted molar refractivity (Wildman–Crippen MR) is 57.8 cm³/mol. The van der Waals surface area contributed by atoms with E-state index in [1.165, 1.54) is 17.5 Å². The molecule has 0 radical (unpaired) electrons. The second-order valence-corrected chi connectivity index (χ2v) is 3.25. The molecule has 1 atom stereocenters. The van der Waals surface area contributed by atoms with Crippen molar-refractivity contribution in [2.75, 3.05) is 0 Å². The molecule has 1 aromatic rings. The van der Waals surface area contributed by atoms with E-state index >= 15 is 0 Å². The molecule has 1 heteroatoms. The third kappa shape index (κ3) is 2.56. The maximum atomic E-state index is 3.44. The quantitative estimate of drug-likeness (QED) is 0.642. The zero-order valence-corrected chi connectivity index (χ0v) is 8.80. The first kappa shape index (κ1) is 10.3. The standard InChI is InChI=1S/C10H13N.C2H6/c1-8-6-9-4-2-3-5-10(9)7-11-8;1-2/h2-5,8,11H,6-7H2,1H3;1-2H3/t8-;/m1./s1. The number of fused-ring (bicyclic) bond motifs is 1. The van der Waals surface area contributed by atoms with Gasteiger partial charge in [0.2, 0.25) is 0 Å². The summed E-state index contributed by atoms with van der Waals surface area (Å²) in [5.74, 6) is 0. The Morgan fingerprint density at radius 2 is 1.77 bits per heavy atom. The fourth-order valence-corrected chi connectivity index (χ4v) is 1.62. The lowest BCUT2D eigenvalue weighted by atomic mass is 9.97. The fraction of sp³-hybridized carbons (Fsp3) is 0.500. The lowest BCUT2D eigenvalue weighted by molar-refractivity contribution is 0.513. The smallest absolute Gasteiger partial charge is 0.0210 e. The molecule has 0 amide bonds. The van der Waals surface area contributed by atoms with Gasteiger partial charge < -0.3 is 5.32 Å². The van der Waals surface area contributed by atoms with E-state index in [-0.39, 0.29) is 0 Å². The lowest BCUT2D eigenvalue weighted by Crippen LogP contribution is -2.32. The molecule has 1 aromatic carbocycles. The summed E-state index contributed by atoms with van der Waals surface area (Å²) in [7, 11) is 0. The number of hydrogen-bond acceptors (Lipinski definition) is 1. The molecule has 2 rings (SSSR count). The topological polar surface area (TPSA) is 12.0 Å². The van der Waals surface area contributed by atoms with Gasteiger partial charge in [0.25, 0.3) is 0 Å². The minimum atomic E-state index is 0.643. The molecule has 0 fully saturated rings. The van der Waals surface area contributed by atoms with E-state index < -0.39 is 0 Å². The molecule has 1 aliphatic rings. The van der Waals surface area contributed by atoms with Gasteiger partial charge in [-0.05, 0) is 24.5 Å². The van der Waals surface area contributed by atoms with E-state index in [2.05, 4.69) is 36.5 Å². The molecule has 1 heterocycles. The molecular formula is C12H19N. The van der Waals surface area contributed by atoms with Gasteiger partial charge in [0.05, 0.1) is 0 Å². The van der Waals surface area contributed by atoms with Crippen LogP contribution in [-0.4, -0.2) is 6.04 Å². The minimum Gasteiger partial charge on any atom is -0.310 e. The first-order valence-electron chi connectivity index (χ1n) is 5.16. The van der Waals surface area contributed by atoms with E-state index in [4.69, 9.17) is 0 Å². The van der Waals surface area contributed by atoms with Gasteiger partial charge in [-0.15, -0.1) is 0 Å². The van der Waals surface area contributed by atoms with Crippen molar-refractivity contribution in [3.05, 3.63) is 35.4 Å². The van der Waals surface area contributed by atoms with Gasteiger partial charge in [-0.1, -0.05) is 38.1 Å². The summed E-state index contributed by atoms with van der Waals surface area (Å²) in [6, 6.07) is 9.30. The zero-order chi connectivity index (χ0) is 9.68. The van der Waals surface area contributed by atoms with Crippen molar-refractivity contribution >= 4 is 0 Å². The van der Waals surface area contributed by atoms with Crippen LogP contribution < -0.4 is 5.32 Å². The Hall–Kier alpha value is -0.820. The van der Waals surface area contributed by atoms with Crippen LogP contribution in [0.3, 0.4) is 0 Å². The van der Waals surface area contributed by atoms with Crippen LogP contribution in [0.1, 0.15) is 31.9 Å². The highest BCUT2D eigenvalue weighted by Gasteiger charge is 2.12. The summed E-state index contributed by atoms with van der Waals surface area (Å²) < 4.78 is 0. The Bertz CT molecular complexity index is 255. The van der Waals surface area contributed by atoms with Gasteiger partial charge in [0, 0.05) is 12.6 Å². The van der Waals surface area contributed by atoms with Crippen molar-refractivity contribution < 1.29 is 0 Å². The summed E-state index contributed by atoms with van der Waals surface area (Å²) in [5.41, 5.74) is 2.98. The van der Waals surface area contributed by atoms with Gasteiger partial charge in [0.15, 0.2) is 0 Å². The molecule has 0 aliphatic carbocycles. The van der Waals surface area contributed by atoms with Crippen LogP contribution in [0, 0.1) is 0 Å².